The zero-order valence-electron chi connectivity index (χ0n) is 14.4. The molecule has 5 heteroatoms. The smallest absolute Gasteiger partial charge is 0.335 e. The van der Waals surface area contributed by atoms with Gasteiger partial charge in [-0.2, -0.15) is 0 Å². The fraction of sp³-hybridized carbons (Fsp3) is 0.316. The lowest BCUT2D eigenvalue weighted by molar-refractivity contribution is 0.0696. The highest BCUT2D eigenvalue weighted by Gasteiger charge is 2.06. The molecule has 0 radical (unpaired) electrons. The summed E-state index contributed by atoms with van der Waals surface area (Å²) in [4.78, 5) is 13.1. The normalized spacial score (nSPS) is 10.7. The van der Waals surface area contributed by atoms with Gasteiger partial charge in [-0.15, -0.1) is 0 Å². The molecular weight excluding hydrogens is 304 g/mol. The second-order valence-electron chi connectivity index (χ2n) is 6.01. The van der Waals surface area contributed by atoms with E-state index in [2.05, 4.69) is 10.2 Å². The van der Waals surface area contributed by atoms with Crippen LogP contribution in [0.4, 0.5) is 5.69 Å². The first kappa shape index (κ1) is 17.8. The SMILES string of the molecule is Cc1ccc(NCc2cccc(C(=O)O)c2)c(OCCN(C)C)c1. The predicted octanol–water partition coefficient (Wildman–Crippen LogP) is 3.25. The number of carboxylic acid groups (broad SMARTS) is 1. The van der Waals surface area contributed by atoms with Crippen molar-refractivity contribution in [3.05, 3.63) is 59.2 Å². The average molecular weight is 328 g/mol. The Morgan fingerprint density at radius 1 is 1.21 bits per heavy atom. The van der Waals surface area contributed by atoms with Crippen molar-refractivity contribution in [2.24, 2.45) is 0 Å². The van der Waals surface area contributed by atoms with Gasteiger partial charge < -0.3 is 20.1 Å². The van der Waals surface area contributed by atoms with Crippen molar-refractivity contribution in [1.29, 1.82) is 0 Å². The number of anilines is 1. The Morgan fingerprint density at radius 2 is 2.00 bits per heavy atom. The van der Waals surface area contributed by atoms with Gasteiger partial charge in [-0.3, -0.25) is 0 Å². The van der Waals surface area contributed by atoms with Crippen LogP contribution in [0.5, 0.6) is 5.75 Å². The van der Waals surface area contributed by atoms with E-state index in [1.165, 1.54) is 0 Å². The number of nitrogens with one attached hydrogen (secondary N) is 1. The minimum Gasteiger partial charge on any atom is -0.490 e. The van der Waals surface area contributed by atoms with Gasteiger partial charge in [0.25, 0.3) is 0 Å². The van der Waals surface area contributed by atoms with E-state index >= 15 is 0 Å². The molecule has 2 rings (SSSR count). The Bertz CT molecular complexity index is 699. The van der Waals surface area contributed by atoms with Crippen LogP contribution in [0.25, 0.3) is 0 Å². The summed E-state index contributed by atoms with van der Waals surface area (Å²) in [6, 6.07) is 12.9. The molecule has 0 bridgehead atoms. The first-order valence-corrected chi connectivity index (χ1v) is 7.90. The highest BCUT2D eigenvalue weighted by molar-refractivity contribution is 5.87. The lowest BCUT2D eigenvalue weighted by atomic mass is 10.1. The predicted molar refractivity (Wildman–Crippen MR) is 96.0 cm³/mol. The zero-order valence-corrected chi connectivity index (χ0v) is 14.4. The molecular formula is C19H24N2O3. The molecule has 24 heavy (non-hydrogen) atoms. The molecule has 2 aromatic rings. The van der Waals surface area contributed by atoms with E-state index < -0.39 is 5.97 Å². The number of hydrogen-bond acceptors (Lipinski definition) is 4. The summed E-state index contributed by atoms with van der Waals surface area (Å²) >= 11 is 0. The largest absolute Gasteiger partial charge is 0.490 e. The van der Waals surface area contributed by atoms with Crippen molar-refractivity contribution >= 4 is 11.7 Å². The highest BCUT2D eigenvalue weighted by Crippen LogP contribution is 2.26. The molecule has 0 heterocycles. The van der Waals surface area contributed by atoms with Gasteiger partial charge in [0.15, 0.2) is 0 Å². The molecule has 2 aromatic carbocycles. The third kappa shape index (κ3) is 5.28. The molecule has 0 unspecified atom stereocenters. The maximum atomic E-state index is 11.0. The van der Waals surface area contributed by atoms with Crippen LogP contribution in [-0.4, -0.2) is 43.2 Å². The number of ether oxygens (including phenoxy) is 1. The van der Waals surface area contributed by atoms with Crippen molar-refractivity contribution < 1.29 is 14.6 Å². The third-order valence-electron chi connectivity index (χ3n) is 3.59. The average Bonchev–Trinajstić information content (AvgIpc) is 2.54. The molecule has 0 amide bonds. The lowest BCUT2D eigenvalue weighted by Crippen LogP contribution is -2.19. The van der Waals surface area contributed by atoms with Gasteiger partial charge in [0.05, 0.1) is 11.3 Å². The van der Waals surface area contributed by atoms with E-state index in [0.29, 0.717) is 18.7 Å². The van der Waals surface area contributed by atoms with Crippen molar-refractivity contribution in [1.82, 2.24) is 4.90 Å². The third-order valence-corrected chi connectivity index (χ3v) is 3.59. The molecule has 0 aliphatic rings. The zero-order chi connectivity index (χ0) is 17.5. The minimum absolute atomic E-state index is 0.292. The second kappa shape index (κ2) is 8.36. The molecule has 0 saturated heterocycles. The molecule has 0 aromatic heterocycles. The van der Waals surface area contributed by atoms with Crippen LogP contribution in [0.1, 0.15) is 21.5 Å². The quantitative estimate of drug-likeness (QED) is 0.779. The van der Waals surface area contributed by atoms with Crippen molar-refractivity contribution in [2.45, 2.75) is 13.5 Å². The van der Waals surface area contributed by atoms with Crippen LogP contribution in [0.3, 0.4) is 0 Å². The molecule has 0 aliphatic carbocycles. The summed E-state index contributed by atoms with van der Waals surface area (Å²) in [5.41, 5.74) is 3.24. The van der Waals surface area contributed by atoms with Crippen LogP contribution < -0.4 is 10.1 Å². The molecule has 0 spiro atoms. The lowest BCUT2D eigenvalue weighted by Gasteiger charge is -2.16. The Kier molecular flexibility index (Phi) is 6.21. The number of aromatic carboxylic acids is 1. The topological polar surface area (TPSA) is 61.8 Å². The van der Waals surface area contributed by atoms with E-state index in [1.807, 2.05) is 45.3 Å². The Labute approximate surface area is 142 Å². The number of likely N-dealkylation sites (N-methyl/N-ethyl adjacent to an activating group) is 1. The highest BCUT2D eigenvalue weighted by atomic mass is 16.5. The monoisotopic (exact) mass is 328 g/mol. The Balaban J connectivity index is 2.06. The first-order valence-electron chi connectivity index (χ1n) is 7.90. The van der Waals surface area contributed by atoms with Crippen molar-refractivity contribution in [2.75, 3.05) is 32.6 Å². The van der Waals surface area contributed by atoms with Crippen LogP contribution in [-0.2, 0) is 6.54 Å². The van der Waals surface area contributed by atoms with Gasteiger partial charge in [0.1, 0.15) is 12.4 Å². The number of rotatable bonds is 8. The van der Waals surface area contributed by atoms with Gasteiger partial charge >= 0.3 is 5.97 Å². The summed E-state index contributed by atoms with van der Waals surface area (Å²) < 4.78 is 5.88. The molecule has 0 fully saturated rings. The van der Waals surface area contributed by atoms with Crippen molar-refractivity contribution in [3.63, 3.8) is 0 Å². The molecule has 0 atom stereocenters. The Hall–Kier alpha value is -2.53. The molecule has 2 N–H and O–H groups in total. The molecule has 0 saturated carbocycles. The van der Waals surface area contributed by atoms with Crippen LogP contribution in [0.2, 0.25) is 0 Å². The van der Waals surface area contributed by atoms with Gasteiger partial charge in [0.2, 0.25) is 0 Å². The fourth-order valence-corrected chi connectivity index (χ4v) is 2.24. The number of hydrogen-bond donors (Lipinski definition) is 2. The molecule has 0 aliphatic heterocycles. The summed E-state index contributed by atoms with van der Waals surface area (Å²) in [7, 11) is 4.02. The van der Waals surface area contributed by atoms with Crippen LogP contribution in [0, 0.1) is 6.92 Å². The van der Waals surface area contributed by atoms with Gasteiger partial charge in [0, 0.05) is 13.1 Å². The molecule has 5 nitrogen and oxygen atoms in total. The number of benzene rings is 2. The summed E-state index contributed by atoms with van der Waals surface area (Å²) in [5, 5.41) is 12.4. The number of nitrogens with zero attached hydrogens (tertiary/aromatic N) is 1. The number of carbonyl (C=O) groups is 1. The van der Waals surface area contributed by atoms with Gasteiger partial charge in [-0.1, -0.05) is 18.2 Å². The van der Waals surface area contributed by atoms with Crippen molar-refractivity contribution in [3.8, 4) is 5.75 Å². The number of aryl methyl sites for hydroxylation is 1. The van der Waals surface area contributed by atoms with E-state index in [0.717, 1.165) is 29.1 Å². The fourth-order valence-electron chi connectivity index (χ4n) is 2.24. The maximum Gasteiger partial charge on any atom is 0.335 e. The summed E-state index contributed by atoms with van der Waals surface area (Å²) in [5.74, 6) is -0.105. The van der Waals surface area contributed by atoms with Gasteiger partial charge in [-0.25, -0.2) is 4.79 Å². The second-order valence-corrected chi connectivity index (χ2v) is 6.01. The maximum absolute atomic E-state index is 11.0. The summed E-state index contributed by atoms with van der Waals surface area (Å²) in [6.07, 6.45) is 0. The standard InChI is InChI=1S/C19H24N2O3/c1-14-7-8-17(18(11-14)24-10-9-21(2)3)20-13-15-5-4-6-16(12-15)19(22)23/h4-8,11-12,20H,9-10,13H2,1-3H3,(H,22,23). The minimum atomic E-state index is -0.917. The van der Waals surface area contributed by atoms with Crippen LogP contribution in [0.15, 0.2) is 42.5 Å². The Morgan fingerprint density at radius 3 is 2.71 bits per heavy atom. The van der Waals surface area contributed by atoms with Gasteiger partial charge in [-0.05, 0) is 56.4 Å². The summed E-state index contributed by atoms with van der Waals surface area (Å²) in [6.45, 7) is 4.01. The number of carboxylic acids is 1. The van der Waals surface area contributed by atoms with E-state index in [4.69, 9.17) is 9.84 Å². The van der Waals surface area contributed by atoms with Crippen LogP contribution >= 0.6 is 0 Å². The van der Waals surface area contributed by atoms with E-state index in [-0.39, 0.29) is 0 Å². The van der Waals surface area contributed by atoms with E-state index in [1.54, 1.807) is 18.2 Å². The molecule has 128 valence electrons. The first-order chi connectivity index (χ1) is 11.5. The van der Waals surface area contributed by atoms with E-state index in [9.17, 15) is 4.79 Å².